The monoisotopic (exact) mass is 423 g/mol. The SMILES string of the molecule is CN[C@@H]1CCCN(c2c(Br)cnc3[nH]cc(NC(=O)COC(C)C)c23)C1. The summed E-state index contributed by atoms with van der Waals surface area (Å²) in [7, 11) is 2.00. The van der Waals surface area contributed by atoms with Crippen LogP contribution < -0.4 is 15.5 Å². The Kier molecular flexibility index (Phi) is 6.16. The molecule has 0 aromatic carbocycles. The highest BCUT2D eigenvalue weighted by atomic mass is 79.9. The van der Waals surface area contributed by atoms with Crippen LogP contribution in [0.3, 0.4) is 0 Å². The fourth-order valence-electron chi connectivity index (χ4n) is 3.31. The molecule has 8 heteroatoms. The number of rotatable bonds is 6. The predicted molar refractivity (Wildman–Crippen MR) is 108 cm³/mol. The Bertz CT molecular complexity index is 776. The summed E-state index contributed by atoms with van der Waals surface area (Å²) in [4.78, 5) is 22.2. The molecule has 0 saturated carbocycles. The summed E-state index contributed by atoms with van der Waals surface area (Å²) in [6, 6.07) is 0.454. The van der Waals surface area contributed by atoms with Crippen LogP contribution in [0.2, 0.25) is 0 Å². The smallest absolute Gasteiger partial charge is 0.250 e. The number of anilines is 2. The van der Waals surface area contributed by atoms with Crippen LogP contribution >= 0.6 is 15.9 Å². The lowest BCUT2D eigenvalue weighted by atomic mass is 10.0. The second kappa shape index (κ2) is 8.37. The van der Waals surface area contributed by atoms with Gasteiger partial charge >= 0.3 is 0 Å². The van der Waals surface area contributed by atoms with Gasteiger partial charge in [-0.25, -0.2) is 4.98 Å². The predicted octanol–water partition coefficient (Wildman–Crippen LogP) is 2.88. The van der Waals surface area contributed by atoms with Crippen LogP contribution in [0.25, 0.3) is 11.0 Å². The lowest BCUT2D eigenvalue weighted by Gasteiger charge is -2.35. The number of halogens is 1. The molecule has 0 spiro atoms. The molecule has 3 N–H and O–H groups in total. The van der Waals surface area contributed by atoms with Gasteiger partial charge in [0.1, 0.15) is 12.3 Å². The number of piperidine rings is 1. The molecule has 142 valence electrons. The number of ether oxygens (including phenoxy) is 1. The highest BCUT2D eigenvalue weighted by molar-refractivity contribution is 9.10. The van der Waals surface area contributed by atoms with Crippen LogP contribution in [-0.4, -0.2) is 54.8 Å². The summed E-state index contributed by atoms with van der Waals surface area (Å²) in [6.45, 7) is 5.75. The number of likely N-dealkylation sites (N-methyl/N-ethyl adjacent to an activating group) is 1. The quantitative estimate of drug-likeness (QED) is 0.665. The van der Waals surface area contributed by atoms with Crippen LogP contribution in [0.4, 0.5) is 11.4 Å². The van der Waals surface area contributed by atoms with Crippen molar-refractivity contribution in [3.63, 3.8) is 0 Å². The van der Waals surface area contributed by atoms with E-state index in [9.17, 15) is 4.79 Å². The summed E-state index contributed by atoms with van der Waals surface area (Å²) < 4.78 is 6.32. The summed E-state index contributed by atoms with van der Waals surface area (Å²) in [6.07, 6.45) is 5.91. The molecule has 0 radical (unpaired) electrons. The molecule has 0 aliphatic carbocycles. The average molecular weight is 424 g/mol. The maximum absolute atomic E-state index is 12.2. The first kappa shape index (κ1) is 19.1. The summed E-state index contributed by atoms with van der Waals surface area (Å²) in [5.74, 6) is -0.169. The Balaban J connectivity index is 1.91. The van der Waals surface area contributed by atoms with E-state index in [1.54, 1.807) is 6.20 Å². The van der Waals surface area contributed by atoms with E-state index >= 15 is 0 Å². The van der Waals surface area contributed by atoms with Crippen LogP contribution in [0.1, 0.15) is 26.7 Å². The largest absolute Gasteiger partial charge is 0.369 e. The molecule has 1 amide bonds. The number of hydrogen-bond acceptors (Lipinski definition) is 5. The molecule has 1 saturated heterocycles. The van der Waals surface area contributed by atoms with Gasteiger partial charge in [-0.1, -0.05) is 0 Å². The van der Waals surface area contributed by atoms with E-state index in [1.165, 1.54) is 6.42 Å². The maximum Gasteiger partial charge on any atom is 0.250 e. The number of pyridine rings is 1. The van der Waals surface area contributed by atoms with Gasteiger partial charge in [-0.2, -0.15) is 0 Å². The first-order valence-corrected chi connectivity index (χ1v) is 9.78. The van der Waals surface area contributed by atoms with E-state index in [0.717, 1.165) is 46.4 Å². The molecule has 2 aromatic rings. The number of nitrogens with one attached hydrogen (secondary N) is 3. The van der Waals surface area contributed by atoms with Crippen molar-refractivity contribution in [1.82, 2.24) is 15.3 Å². The van der Waals surface area contributed by atoms with E-state index in [-0.39, 0.29) is 18.6 Å². The zero-order valence-corrected chi connectivity index (χ0v) is 17.0. The van der Waals surface area contributed by atoms with Crippen LogP contribution in [-0.2, 0) is 9.53 Å². The highest BCUT2D eigenvalue weighted by Gasteiger charge is 2.24. The van der Waals surface area contributed by atoms with Gasteiger partial charge in [-0.05, 0) is 49.7 Å². The molecular weight excluding hydrogens is 398 g/mol. The molecule has 3 rings (SSSR count). The number of amides is 1. The summed E-state index contributed by atoms with van der Waals surface area (Å²) in [5.41, 5.74) is 2.55. The van der Waals surface area contributed by atoms with Gasteiger partial charge in [0.2, 0.25) is 5.91 Å². The first-order chi connectivity index (χ1) is 12.5. The Morgan fingerprint density at radius 3 is 3.08 bits per heavy atom. The van der Waals surface area contributed by atoms with Crippen molar-refractivity contribution < 1.29 is 9.53 Å². The summed E-state index contributed by atoms with van der Waals surface area (Å²) >= 11 is 3.65. The van der Waals surface area contributed by atoms with Crippen molar-refractivity contribution in [3.05, 3.63) is 16.9 Å². The molecule has 7 nitrogen and oxygen atoms in total. The number of H-pyrrole nitrogens is 1. The molecule has 0 unspecified atom stereocenters. The molecule has 1 aliphatic heterocycles. The van der Waals surface area contributed by atoms with Gasteiger partial charge in [0, 0.05) is 31.5 Å². The number of hydrogen-bond donors (Lipinski definition) is 3. The zero-order chi connectivity index (χ0) is 18.7. The minimum absolute atomic E-state index is 0.0157. The van der Waals surface area contributed by atoms with Crippen LogP contribution in [0.5, 0.6) is 0 Å². The minimum atomic E-state index is -0.169. The topological polar surface area (TPSA) is 82.3 Å². The van der Waals surface area contributed by atoms with E-state index in [0.29, 0.717) is 6.04 Å². The van der Waals surface area contributed by atoms with Crippen molar-refractivity contribution in [3.8, 4) is 0 Å². The number of aromatic nitrogens is 2. The van der Waals surface area contributed by atoms with Gasteiger partial charge in [0.25, 0.3) is 0 Å². The molecular formula is C18H26BrN5O2. The van der Waals surface area contributed by atoms with E-state index < -0.39 is 0 Å². The van der Waals surface area contributed by atoms with Gasteiger partial charge in [-0.3, -0.25) is 4.79 Å². The van der Waals surface area contributed by atoms with E-state index in [2.05, 4.69) is 41.4 Å². The molecule has 26 heavy (non-hydrogen) atoms. The molecule has 3 heterocycles. The highest BCUT2D eigenvalue weighted by Crippen LogP contribution is 2.38. The third-order valence-electron chi connectivity index (χ3n) is 4.60. The molecule has 1 atom stereocenters. The van der Waals surface area contributed by atoms with E-state index in [1.807, 2.05) is 27.1 Å². The van der Waals surface area contributed by atoms with Crippen molar-refractivity contribution in [2.24, 2.45) is 0 Å². The number of carbonyl (C=O) groups excluding carboxylic acids is 1. The second-order valence-corrected chi connectivity index (χ2v) is 7.72. The lowest BCUT2D eigenvalue weighted by Crippen LogP contribution is -2.44. The first-order valence-electron chi connectivity index (χ1n) is 8.98. The molecule has 0 bridgehead atoms. The van der Waals surface area contributed by atoms with Gasteiger partial charge in [0.05, 0.1) is 27.3 Å². The zero-order valence-electron chi connectivity index (χ0n) is 15.4. The molecule has 1 aliphatic rings. The van der Waals surface area contributed by atoms with Gasteiger partial charge < -0.3 is 25.3 Å². The van der Waals surface area contributed by atoms with Crippen LogP contribution in [0, 0.1) is 0 Å². The number of carbonyl (C=O) groups is 1. The third-order valence-corrected chi connectivity index (χ3v) is 5.18. The van der Waals surface area contributed by atoms with Crippen LogP contribution in [0.15, 0.2) is 16.9 Å². The number of fused-ring (bicyclic) bond motifs is 1. The van der Waals surface area contributed by atoms with Crippen molar-refractivity contribution in [2.75, 3.05) is 37.0 Å². The maximum atomic E-state index is 12.2. The number of nitrogens with zero attached hydrogens (tertiary/aromatic N) is 2. The molecule has 2 aromatic heterocycles. The second-order valence-electron chi connectivity index (χ2n) is 6.86. The van der Waals surface area contributed by atoms with Gasteiger partial charge in [-0.15, -0.1) is 0 Å². The third kappa shape index (κ3) is 4.19. The van der Waals surface area contributed by atoms with Crippen molar-refractivity contribution >= 4 is 44.2 Å². The number of aromatic amines is 1. The average Bonchev–Trinajstić information content (AvgIpc) is 3.02. The fourth-order valence-corrected chi connectivity index (χ4v) is 3.86. The standard InChI is InChI=1S/C18H26BrN5O2/c1-11(2)26-10-15(25)23-14-8-22-18-16(14)17(13(19)7-21-18)24-6-4-5-12(9-24)20-3/h7-8,11-12,20H,4-6,9-10H2,1-3H3,(H,21,22)(H,23,25)/t12-/m1/s1. The van der Waals surface area contributed by atoms with Crippen molar-refractivity contribution in [1.29, 1.82) is 0 Å². The van der Waals surface area contributed by atoms with Gasteiger partial charge in [0.15, 0.2) is 0 Å². The van der Waals surface area contributed by atoms with E-state index in [4.69, 9.17) is 4.74 Å². The summed E-state index contributed by atoms with van der Waals surface area (Å²) in [5, 5.41) is 7.25. The Morgan fingerprint density at radius 2 is 2.35 bits per heavy atom. The minimum Gasteiger partial charge on any atom is -0.369 e. The normalized spacial score (nSPS) is 17.9. The lowest BCUT2D eigenvalue weighted by molar-refractivity contribution is -0.121. The fraction of sp³-hybridized carbons (Fsp3) is 0.556. The van der Waals surface area contributed by atoms with Crippen molar-refractivity contribution in [2.45, 2.75) is 38.8 Å². The Morgan fingerprint density at radius 1 is 1.54 bits per heavy atom. The Hall–Kier alpha value is -1.64. The molecule has 1 fully saturated rings. The Labute approximate surface area is 162 Å².